The Hall–Kier alpha value is -0.940. The van der Waals surface area contributed by atoms with Crippen LogP contribution < -0.4 is 0 Å². The molecular formula is C12H16FNO2S. The van der Waals surface area contributed by atoms with E-state index in [9.17, 15) is 12.8 Å². The first-order valence-corrected chi connectivity index (χ1v) is 7.01. The highest BCUT2D eigenvalue weighted by Gasteiger charge is 2.39. The minimum absolute atomic E-state index is 0.0524. The first-order chi connectivity index (χ1) is 7.81. The molecule has 2 rings (SSSR count). The Kier molecular flexibility index (Phi) is 2.99. The summed E-state index contributed by atoms with van der Waals surface area (Å²) < 4.78 is 39.3. The predicted molar refractivity (Wildman–Crippen MR) is 64.1 cm³/mol. The zero-order valence-electron chi connectivity index (χ0n) is 9.98. The molecule has 0 spiro atoms. The van der Waals surface area contributed by atoms with Gasteiger partial charge >= 0.3 is 0 Å². The fourth-order valence-electron chi connectivity index (χ4n) is 1.95. The number of hydrogen-bond acceptors (Lipinski definition) is 2. The van der Waals surface area contributed by atoms with Gasteiger partial charge in [0.25, 0.3) is 0 Å². The lowest BCUT2D eigenvalue weighted by atomic mass is 10.1. The van der Waals surface area contributed by atoms with Gasteiger partial charge < -0.3 is 0 Å². The van der Waals surface area contributed by atoms with E-state index in [1.54, 1.807) is 24.3 Å². The number of aryl methyl sites for hydroxylation is 1. The van der Waals surface area contributed by atoms with E-state index in [0.717, 1.165) is 5.56 Å². The van der Waals surface area contributed by atoms with Crippen molar-refractivity contribution in [1.29, 1.82) is 0 Å². The lowest BCUT2D eigenvalue weighted by Gasteiger charge is -2.17. The Morgan fingerprint density at radius 3 is 2.35 bits per heavy atom. The van der Waals surface area contributed by atoms with Crippen molar-refractivity contribution in [2.24, 2.45) is 0 Å². The van der Waals surface area contributed by atoms with Crippen LogP contribution in [0.25, 0.3) is 0 Å². The van der Waals surface area contributed by atoms with Gasteiger partial charge in [-0.15, -0.1) is 0 Å². The standard InChI is InChI=1S/C12H16FNO2S/c1-10-3-5-11(6-4-10)17(15,16)14-8-7-12(2,13)9-14/h3-6H,7-9H2,1-2H3/t12-/m1/s1. The van der Waals surface area contributed by atoms with E-state index < -0.39 is 15.7 Å². The number of halogens is 1. The van der Waals surface area contributed by atoms with E-state index in [4.69, 9.17) is 0 Å². The molecule has 1 fully saturated rings. The van der Waals surface area contributed by atoms with Crippen molar-refractivity contribution in [3.63, 3.8) is 0 Å². The minimum atomic E-state index is -3.53. The molecule has 1 atom stereocenters. The Morgan fingerprint density at radius 1 is 1.29 bits per heavy atom. The highest BCUT2D eigenvalue weighted by atomic mass is 32.2. The molecule has 94 valence electrons. The van der Waals surface area contributed by atoms with Gasteiger partial charge in [0.1, 0.15) is 5.67 Å². The van der Waals surface area contributed by atoms with Gasteiger partial charge in [0.15, 0.2) is 0 Å². The number of benzene rings is 1. The SMILES string of the molecule is Cc1ccc(S(=O)(=O)N2CC[C@@](C)(F)C2)cc1. The molecule has 0 aromatic heterocycles. The Balaban J connectivity index is 2.29. The van der Waals surface area contributed by atoms with Crippen LogP contribution in [0.2, 0.25) is 0 Å². The molecule has 5 heteroatoms. The molecular weight excluding hydrogens is 241 g/mol. The lowest BCUT2D eigenvalue weighted by Crippen LogP contribution is -2.31. The number of sulfonamides is 1. The predicted octanol–water partition coefficient (Wildman–Crippen LogP) is 2.12. The summed E-state index contributed by atoms with van der Waals surface area (Å²) in [4.78, 5) is 0.237. The third-order valence-electron chi connectivity index (χ3n) is 3.05. The molecule has 0 aliphatic carbocycles. The molecule has 1 aliphatic rings. The van der Waals surface area contributed by atoms with Crippen LogP contribution in [-0.2, 0) is 10.0 Å². The van der Waals surface area contributed by atoms with Gasteiger partial charge in [-0.3, -0.25) is 0 Å². The summed E-state index contributed by atoms with van der Waals surface area (Å²) in [5, 5.41) is 0. The van der Waals surface area contributed by atoms with Crippen molar-refractivity contribution in [1.82, 2.24) is 4.31 Å². The van der Waals surface area contributed by atoms with Crippen LogP contribution in [0, 0.1) is 6.92 Å². The van der Waals surface area contributed by atoms with Crippen molar-refractivity contribution >= 4 is 10.0 Å². The summed E-state index contributed by atoms with van der Waals surface area (Å²) in [6.07, 6.45) is 0.262. The van der Waals surface area contributed by atoms with Crippen molar-refractivity contribution in [2.75, 3.05) is 13.1 Å². The van der Waals surface area contributed by atoms with Crippen LogP contribution in [0.4, 0.5) is 4.39 Å². The second-order valence-corrected chi connectivity index (χ2v) is 6.75. The fourth-order valence-corrected chi connectivity index (χ4v) is 3.50. The number of alkyl halides is 1. The van der Waals surface area contributed by atoms with Gasteiger partial charge in [-0.25, -0.2) is 12.8 Å². The largest absolute Gasteiger partial charge is 0.243 e. The molecule has 1 aromatic rings. The number of rotatable bonds is 2. The Labute approximate surface area is 101 Å². The van der Waals surface area contributed by atoms with Crippen molar-refractivity contribution in [3.8, 4) is 0 Å². The van der Waals surface area contributed by atoms with Crippen molar-refractivity contribution in [2.45, 2.75) is 30.8 Å². The quantitative estimate of drug-likeness (QED) is 0.814. The summed E-state index contributed by atoms with van der Waals surface area (Å²) in [5.41, 5.74) is -0.404. The van der Waals surface area contributed by atoms with Gasteiger partial charge in [-0.1, -0.05) is 17.7 Å². The normalized spacial score (nSPS) is 26.3. The monoisotopic (exact) mass is 257 g/mol. The first-order valence-electron chi connectivity index (χ1n) is 5.57. The van der Waals surface area contributed by atoms with E-state index in [-0.39, 0.29) is 24.4 Å². The summed E-state index contributed by atoms with van der Waals surface area (Å²) in [6.45, 7) is 3.54. The molecule has 1 heterocycles. The molecule has 17 heavy (non-hydrogen) atoms. The van der Waals surface area contributed by atoms with Gasteiger partial charge in [0.2, 0.25) is 10.0 Å². The second-order valence-electron chi connectivity index (χ2n) is 4.81. The first kappa shape index (κ1) is 12.5. The average Bonchev–Trinajstić information content (AvgIpc) is 2.60. The highest BCUT2D eigenvalue weighted by Crippen LogP contribution is 2.29. The van der Waals surface area contributed by atoms with E-state index in [0.29, 0.717) is 0 Å². The van der Waals surface area contributed by atoms with E-state index in [1.165, 1.54) is 11.2 Å². The van der Waals surface area contributed by atoms with Crippen molar-refractivity contribution in [3.05, 3.63) is 29.8 Å². The Morgan fingerprint density at radius 2 is 1.88 bits per heavy atom. The van der Waals surface area contributed by atoms with Crippen LogP contribution in [0.3, 0.4) is 0 Å². The smallest absolute Gasteiger partial charge is 0.243 e. The van der Waals surface area contributed by atoms with Crippen molar-refractivity contribution < 1.29 is 12.8 Å². The zero-order valence-corrected chi connectivity index (χ0v) is 10.8. The molecule has 1 saturated heterocycles. The maximum Gasteiger partial charge on any atom is 0.243 e. The lowest BCUT2D eigenvalue weighted by molar-refractivity contribution is 0.208. The average molecular weight is 257 g/mol. The molecule has 0 radical (unpaired) electrons. The third-order valence-corrected chi connectivity index (χ3v) is 4.91. The molecule has 3 nitrogen and oxygen atoms in total. The number of nitrogens with zero attached hydrogens (tertiary/aromatic N) is 1. The van der Waals surface area contributed by atoms with E-state index in [1.807, 2.05) is 6.92 Å². The summed E-state index contributed by atoms with van der Waals surface area (Å²) >= 11 is 0. The van der Waals surface area contributed by atoms with Crippen LogP contribution in [0.1, 0.15) is 18.9 Å². The van der Waals surface area contributed by atoms with Gasteiger partial charge in [-0.05, 0) is 32.4 Å². The second kappa shape index (κ2) is 4.07. The molecule has 0 saturated carbocycles. The molecule has 0 amide bonds. The van der Waals surface area contributed by atoms with Gasteiger partial charge in [0, 0.05) is 13.1 Å². The molecule has 0 N–H and O–H groups in total. The highest BCUT2D eigenvalue weighted by molar-refractivity contribution is 7.89. The molecule has 0 unspecified atom stereocenters. The molecule has 1 aromatic carbocycles. The topological polar surface area (TPSA) is 37.4 Å². The minimum Gasteiger partial charge on any atom is -0.243 e. The summed E-state index contributed by atoms with van der Waals surface area (Å²) in [7, 11) is -3.53. The Bertz CT molecular complexity index is 508. The number of hydrogen-bond donors (Lipinski definition) is 0. The summed E-state index contributed by atoms with van der Waals surface area (Å²) in [6, 6.07) is 6.63. The fraction of sp³-hybridized carbons (Fsp3) is 0.500. The van der Waals surface area contributed by atoms with Crippen LogP contribution in [-0.4, -0.2) is 31.5 Å². The molecule has 0 bridgehead atoms. The van der Waals surface area contributed by atoms with Crippen LogP contribution in [0.5, 0.6) is 0 Å². The van der Waals surface area contributed by atoms with E-state index >= 15 is 0 Å². The maximum absolute atomic E-state index is 13.7. The maximum atomic E-state index is 13.7. The third kappa shape index (κ3) is 2.50. The summed E-state index contributed by atoms with van der Waals surface area (Å²) in [5.74, 6) is 0. The van der Waals surface area contributed by atoms with Gasteiger partial charge in [0.05, 0.1) is 4.90 Å². The van der Waals surface area contributed by atoms with Crippen LogP contribution in [0.15, 0.2) is 29.2 Å². The van der Waals surface area contributed by atoms with Crippen LogP contribution >= 0.6 is 0 Å². The van der Waals surface area contributed by atoms with E-state index in [2.05, 4.69) is 0 Å². The molecule has 1 aliphatic heterocycles. The zero-order chi connectivity index (χ0) is 12.7. The van der Waals surface area contributed by atoms with Gasteiger partial charge in [-0.2, -0.15) is 4.31 Å².